The summed E-state index contributed by atoms with van der Waals surface area (Å²) in [6.45, 7) is 0.754. The van der Waals surface area contributed by atoms with E-state index in [1.807, 2.05) is 6.20 Å². The van der Waals surface area contributed by atoms with E-state index in [1.54, 1.807) is 0 Å². The molecule has 3 aromatic rings. The molecule has 0 radical (unpaired) electrons. The van der Waals surface area contributed by atoms with Crippen molar-refractivity contribution in [2.45, 2.75) is 19.3 Å². The third-order valence-corrected chi connectivity index (χ3v) is 3.78. The zero-order valence-corrected chi connectivity index (χ0v) is 11.6. The lowest BCUT2D eigenvalue weighted by Gasteiger charge is -2.09. The number of hydrogen-bond acceptors (Lipinski definition) is 1. The lowest BCUT2D eigenvalue weighted by Crippen LogP contribution is -2.02. The van der Waals surface area contributed by atoms with Gasteiger partial charge in [0.25, 0.3) is 0 Å². The van der Waals surface area contributed by atoms with Gasteiger partial charge in [-0.2, -0.15) is 0 Å². The number of nitrogens with two attached hydrogens (primary N) is 1. The number of benzene rings is 2. The summed E-state index contributed by atoms with van der Waals surface area (Å²) in [4.78, 5) is 3.24. The van der Waals surface area contributed by atoms with E-state index in [2.05, 4.69) is 53.5 Å². The molecule has 2 aromatic carbocycles. The van der Waals surface area contributed by atoms with Crippen molar-refractivity contribution in [3.05, 3.63) is 71.4 Å². The fourth-order valence-electron chi connectivity index (χ4n) is 2.70. The molecule has 0 atom stereocenters. The van der Waals surface area contributed by atoms with Gasteiger partial charge < -0.3 is 10.7 Å². The van der Waals surface area contributed by atoms with Crippen LogP contribution in [0.5, 0.6) is 0 Å². The van der Waals surface area contributed by atoms with Crippen molar-refractivity contribution in [1.29, 1.82) is 0 Å². The summed E-state index contributed by atoms with van der Waals surface area (Å²) >= 11 is 0. The number of hydrogen-bond donors (Lipinski definition) is 2. The van der Waals surface area contributed by atoms with E-state index in [0.29, 0.717) is 0 Å². The minimum absolute atomic E-state index is 0.754. The lowest BCUT2D eigenvalue weighted by molar-refractivity contribution is 0.824. The van der Waals surface area contributed by atoms with Crippen LogP contribution in [0, 0.1) is 0 Å². The van der Waals surface area contributed by atoms with E-state index < -0.39 is 0 Å². The third kappa shape index (κ3) is 2.75. The Hall–Kier alpha value is -2.06. The van der Waals surface area contributed by atoms with Crippen molar-refractivity contribution in [3.8, 4) is 0 Å². The predicted octanol–water partition coefficient (Wildman–Crippen LogP) is 3.65. The van der Waals surface area contributed by atoms with Gasteiger partial charge in [0.1, 0.15) is 0 Å². The van der Waals surface area contributed by atoms with Crippen molar-refractivity contribution in [1.82, 2.24) is 4.98 Å². The molecule has 0 spiro atoms. The van der Waals surface area contributed by atoms with Crippen LogP contribution in [0.2, 0.25) is 0 Å². The van der Waals surface area contributed by atoms with Crippen molar-refractivity contribution < 1.29 is 0 Å². The highest BCUT2D eigenvalue weighted by Crippen LogP contribution is 2.19. The van der Waals surface area contributed by atoms with Crippen molar-refractivity contribution in [2.75, 3.05) is 6.54 Å². The molecule has 2 nitrogen and oxygen atoms in total. The van der Waals surface area contributed by atoms with Gasteiger partial charge in [0, 0.05) is 11.7 Å². The van der Waals surface area contributed by atoms with Crippen LogP contribution in [0.15, 0.2) is 54.7 Å². The first-order valence-electron chi connectivity index (χ1n) is 7.19. The molecule has 0 amide bonds. The number of aromatic nitrogens is 1. The van der Waals surface area contributed by atoms with Crippen LogP contribution in [0.4, 0.5) is 0 Å². The maximum atomic E-state index is 5.63. The van der Waals surface area contributed by atoms with Crippen molar-refractivity contribution in [3.63, 3.8) is 0 Å². The largest absolute Gasteiger partial charge is 0.361 e. The van der Waals surface area contributed by atoms with Crippen LogP contribution in [0.25, 0.3) is 10.9 Å². The highest BCUT2D eigenvalue weighted by atomic mass is 14.7. The molecule has 0 aliphatic carbocycles. The molecule has 0 unspecified atom stereocenters. The third-order valence-electron chi connectivity index (χ3n) is 3.78. The van der Waals surface area contributed by atoms with Gasteiger partial charge >= 0.3 is 0 Å². The van der Waals surface area contributed by atoms with Crippen molar-refractivity contribution in [2.24, 2.45) is 5.73 Å². The maximum Gasteiger partial charge on any atom is 0.0454 e. The molecule has 0 aliphatic rings. The molecule has 102 valence electrons. The Morgan fingerprint density at radius 2 is 1.80 bits per heavy atom. The van der Waals surface area contributed by atoms with Crippen molar-refractivity contribution >= 4 is 10.9 Å². The second kappa shape index (κ2) is 5.93. The molecule has 1 heterocycles. The number of H-pyrrole nitrogens is 1. The molecular weight excluding hydrogens is 244 g/mol. The number of aromatic amines is 1. The van der Waals surface area contributed by atoms with Gasteiger partial charge in [0.2, 0.25) is 0 Å². The van der Waals surface area contributed by atoms with E-state index in [1.165, 1.54) is 27.6 Å². The molecular formula is C18H20N2. The van der Waals surface area contributed by atoms with E-state index in [-0.39, 0.29) is 0 Å². The highest BCUT2D eigenvalue weighted by molar-refractivity contribution is 5.80. The number of fused-ring (bicyclic) bond motifs is 1. The Bertz CT molecular complexity index is 697. The van der Waals surface area contributed by atoms with Crippen LogP contribution in [-0.4, -0.2) is 11.5 Å². The van der Waals surface area contributed by atoms with Crippen LogP contribution in [-0.2, 0) is 12.8 Å². The Labute approximate surface area is 119 Å². The van der Waals surface area contributed by atoms with E-state index in [4.69, 9.17) is 5.73 Å². The fourth-order valence-corrected chi connectivity index (χ4v) is 2.70. The van der Waals surface area contributed by atoms with Crippen LogP contribution < -0.4 is 5.73 Å². The van der Waals surface area contributed by atoms with Gasteiger partial charge in [-0.25, -0.2) is 0 Å². The Kier molecular flexibility index (Phi) is 3.84. The minimum Gasteiger partial charge on any atom is -0.361 e. The van der Waals surface area contributed by atoms with Gasteiger partial charge in [-0.15, -0.1) is 0 Å². The number of rotatable bonds is 5. The molecule has 0 fully saturated rings. The standard InChI is InChI=1S/C18H20N2/c19-10-3-6-15-4-1-2-5-16(15)12-14-7-8-18-17(13-14)9-11-20-18/h1-2,4-5,7-9,11,13,20H,3,6,10,12,19H2. The van der Waals surface area contributed by atoms with Gasteiger partial charge in [-0.1, -0.05) is 30.3 Å². The molecule has 0 saturated heterocycles. The topological polar surface area (TPSA) is 41.8 Å². The smallest absolute Gasteiger partial charge is 0.0454 e. The summed E-state index contributed by atoms with van der Waals surface area (Å²) in [5.41, 5.74) is 11.0. The first kappa shape index (κ1) is 12.9. The SMILES string of the molecule is NCCCc1ccccc1Cc1ccc2[nH]ccc2c1. The molecule has 0 saturated carbocycles. The van der Waals surface area contributed by atoms with Crippen LogP contribution in [0.3, 0.4) is 0 Å². The second-order valence-electron chi connectivity index (χ2n) is 5.24. The van der Waals surface area contributed by atoms with Gasteiger partial charge in [0.05, 0.1) is 0 Å². The van der Waals surface area contributed by atoms with Gasteiger partial charge in [-0.05, 0) is 66.1 Å². The second-order valence-corrected chi connectivity index (χ2v) is 5.24. The molecule has 0 bridgehead atoms. The predicted molar refractivity (Wildman–Crippen MR) is 84.9 cm³/mol. The molecule has 1 aromatic heterocycles. The fraction of sp³-hybridized carbons (Fsp3) is 0.222. The summed E-state index contributed by atoms with van der Waals surface area (Å²) in [7, 11) is 0. The van der Waals surface area contributed by atoms with Gasteiger partial charge in [0.15, 0.2) is 0 Å². The molecule has 0 aliphatic heterocycles. The first-order valence-corrected chi connectivity index (χ1v) is 7.19. The minimum atomic E-state index is 0.754. The Morgan fingerprint density at radius 1 is 0.950 bits per heavy atom. The zero-order valence-electron chi connectivity index (χ0n) is 11.6. The van der Waals surface area contributed by atoms with Crippen LogP contribution in [0.1, 0.15) is 23.1 Å². The summed E-state index contributed by atoms with van der Waals surface area (Å²) in [6.07, 6.45) is 5.10. The molecule has 20 heavy (non-hydrogen) atoms. The lowest BCUT2D eigenvalue weighted by atomic mass is 9.96. The maximum absolute atomic E-state index is 5.63. The van der Waals surface area contributed by atoms with Crippen LogP contribution >= 0.6 is 0 Å². The quantitative estimate of drug-likeness (QED) is 0.725. The first-order chi connectivity index (χ1) is 9.86. The number of aryl methyl sites for hydroxylation is 1. The monoisotopic (exact) mass is 264 g/mol. The molecule has 2 heteroatoms. The zero-order chi connectivity index (χ0) is 13.8. The molecule has 3 N–H and O–H groups in total. The Balaban J connectivity index is 1.86. The normalized spacial score (nSPS) is 11.1. The molecule has 3 rings (SSSR count). The Morgan fingerprint density at radius 3 is 2.65 bits per heavy atom. The van der Waals surface area contributed by atoms with E-state index in [9.17, 15) is 0 Å². The average molecular weight is 264 g/mol. The summed E-state index contributed by atoms with van der Waals surface area (Å²) < 4.78 is 0. The average Bonchev–Trinajstić information content (AvgIpc) is 2.94. The summed E-state index contributed by atoms with van der Waals surface area (Å²) in [5, 5.41) is 1.28. The summed E-state index contributed by atoms with van der Waals surface area (Å²) in [5.74, 6) is 0. The summed E-state index contributed by atoms with van der Waals surface area (Å²) in [6, 6.07) is 17.4. The van der Waals surface area contributed by atoms with E-state index >= 15 is 0 Å². The number of nitrogens with one attached hydrogen (secondary N) is 1. The highest BCUT2D eigenvalue weighted by Gasteiger charge is 2.04. The van der Waals surface area contributed by atoms with Gasteiger partial charge in [-0.3, -0.25) is 0 Å². The van der Waals surface area contributed by atoms with E-state index in [0.717, 1.165) is 25.8 Å².